The Bertz CT molecular complexity index is 1020. The Balaban J connectivity index is 1.66. The number of nitrogens with one attached hydrogen (secondary N) is 2. The third kappa shape index (κ3) is 4.05. The average molecular weight is 394 g/mol. The number of hydrogen-bond donors (Lipinski definition) is 2. The molecule has 4 rings (SSSR count). The van der Waals surface area contributed by atoms with Gasteiger partial charge in [0.05, 0.1) is 30.4 Å². The number of hydrogen-bond acceptors (Lipinski definition) is 5. The lowest BCUT2D eigenvalue weighted by molar-refractivity contribution is 0.0304. The summed E-state index contributed by atoms with van der Waals surface area (Å²) in [4.78, 5) is 22.7. The minimum atomic E-state index is -0.00705. The summed E-state index contributed by atoms with van der Waals surface area (Å²) in [7, 11) is 0. The van der Waals surface area contributed by atoms with Gasteiger partial charge in [-0.3, -0.25) is 4.79 Å². The second-order valence-corrected chi connectivity index (χ2v) is 7.47. The van der Waals surface area contributed by atoms with Crippen LogP contribution in [0.1, 0.15) is 29.8 Å². The highest BCUT2D eigenvalue weighted by atomic mass is 16.5. The molecule has 2 N–H and O–H groups in total. The van der Waals surface area contributed by atoms with Crippen LogP contribution in [0.2, 0.25) is 0 Å². The highest BCUT2D eigenvalue weighted by Crippen LogP contribution is 2.30. The van der Waals surface area contributed by atoms with Crippen LogP contribution in [-0.2, 0) is 4.74 Å². The van der Waals surface area contributed by atoms with Crippen molar-refractivity contribution in [3.8, 4) is 5.75 Å². The Labute approximate surface area is 170 Å². The number of morpholine rings is 1. The normalized spacial score (nSPS) is 14.4. The number of anilines is 2. The van der Waals surface area contributed by atoms with Gasteiger partial charge >= 0.3 is 0 Å². The molecule has 3 aromatic rings. The third-order valence-corrected chi connectivity index (χ3v) is 4.90. The molecule has 0 radical (unpaired) electrons. The molecule has 0 bridgehead atoms. The average Bonchev–Trinajstić information content (AvgIpc) is 3.11. The van der Waals surface area contributed by atoms with Crippen LogP contribution in [0, 0.1) is 6.92 Å². The smallest absolute Gasteiger partial charge is 0.256 e. The van der Waals surface area contributed by atoms with E-state index in [1.54, 1.807) is 6.20 Å². The van der Waals surface area contributed by atoms with Gasteiger partial charge < -0.3 is 24.7 Å². The number of benzene rings is 1. The number of aryl methyl sites for hydroxylation is 1. The summed E-state index contributed by atoms with van der Waals surface area (Å²) in [5.74, 6) is 1.46. The van der Waals surface area contributed by atoms with E-state index in [0.717, 1.165) is 27.9 Å². The molecule has 3 heterocycles. The van der Waals surface area contributed by atoms with Crippen molar-refractivity contribution in [2.45, 2.75) is 26.9 Å². The SMILES string of the molecule is Cc1c[nH]c2c(Nc3cccc(OC(C)C)c3)ncc(C(=O)N3CCOCC3)c12. The van der Waals surface area contributed by atoms with Crippen LogP contribution in [0.5, 0.6) is 5.75 Å². The topological polar surface area (TPSA) is 79.5 Å². The number of ether oxygens (including phenoxy) is 2. The first-order valence-electron chi connectivity index (χ1n) is 9.90. The molecule has 152 valence electrons. The van der Waals surface area contributed by atoms with Crippen molar-refractivity contribution in [1.29, 1.82) is 0 Å². The van der Waals surface area contributed by atoms with Crippen LogP contribution in [0.4, 0.5) is 11.5 Å². The molecule has 1 aliphatic heterocycles. The number of amides is 1. The zero-order valence-corrected chi connectivity index (χ0v) is 17.0. The van der Waals surface area contributed by atoms with Gasteiger partial charge in [0.2, 0.25) is 0 Å². The summed E-state index contributed by atoms with van der Waals surface area (Å²) in [5, 5.41) is 4.25. The fourth-order valence-electron chi connectivity index (χ4n) is 3.56. The number of rotatable bonds is 5. The number of pyridine rings is 1. The van der Waals surface area contributed by atoms with Gasteiger partial charge in [-0.05, 0) is 38.5 Å². The van der Waals surface area contributed by atoms with E-state index in [4.69, 9.17) is 9.47 Å². The van der Waals surface area contributed by atoms with Gasteiger partial charge in [-0.15, -0.1) is 0 Å². The predicted molar refractivity (Wildman–Crippen MR) is 113 cm³/mol. The second kappa shape index (κ2) is 8.13. The first-order valence-corrected chi connectivity index (χ1v) is 9.90. The van der Waals surface area contributed by atoms with Crippen LogP contribution < -0.4 is 10.1 Å². The summed E-state index contributed by atoms with van der Waals surface area (Å²) in [6, 6.07) is 7.77. The zero-order chi connectivity index (χ0) is 20.4. The van der Waals surface area contributed by atoms with Crippen LogP contribution >= 0.6 is 0 Å². The molecule has 1 aliphatic rings. The van der Waals surface area contributed by atoms with Gasteiger partial charge in [0.1, 0.15) is 5.75 Å². The fourth-order valence-corrected chi connectivity index (χ4v) is 3.56. The van der Waals surface area contributed by atoms with Crippen LogP contribution in [-0.4, -0.2) is 53.2 Å². The highest BCUT2D eigenvalue weighted by molar-refractivity contribution is 6.10. The Morgan fingerprint density at radius 2 is 2.10 bits per heavy atom. The van der Waals surface area contributed by atoms with E-state index in [1.807, 2.05) is 56.1 Å². The first kappa shape index (κ1) is 19.3. The molecule has 1 amide bonds. The summed E-state index contributed by atoms with van der Waals surface area (Å²) >= 11 is 0. The number of aromatic amines is 1. The van der Waals surface area contributed by atoms with E-state index >= 15 is 0 Å². The Kier molecular flexibility index (Phi) is 5.40. The molecular weight excluding hydrogens is 368 g/mol. The molecule has 7 nitrogen and oxygen atoms in total. The fraction of sp³-hybridized carbons (Fsp3) is 0.364. The van der Waals surface area contributed by atoms with Crippen molar-refractivity contribution in [1.82, 2.24) is 14.9 Å². The number of nitrogens with zero attached hydrogens (tertiary/aromatic N) is 2. The van der Waals surface area contributed by atoms with Crippen LogP contribution in [0.3, 0.4) is 0 Å². The highest BCUT2D eigenvalue weighted by Gasteiger charge is 2.23. The summed E-state index contributed by atoms with van der Waals surface area (Å²) in [6.07, 6.45) is 3.68. The van der Waals surface area contributed by atoms with E-state index in [9.17, 15) is 4.79 Å². The van der Waals surface area contributed by atoms with Gasteiger partial charge in [-0.1, -0.05) is 6.07 Å². The molecule has 0 saturated carbocycles. The zero-order valence-electron chi connectivity index (χ0n) is 17.0. The Hall–Kier alpha value is -3.06. The summed E-state index contributed by atoms with van der Waals surface area (Å²) in [6.45, 7) is 8.34. The summed E-state index contributed by atoms with van der Waals surface area (Å²) < 4.78 is 11.1. The van der Waals surface area contributed by atoms with Crippen molar-refractivity contribution in [3.63, 3.8) is 0 Å². The van der Waals surface area contributed by atoms with Crippen molar-refractivity contribution in [2.24, 2.45) is 0 Å². The minimum absolute atomic E-state index is 0.00705. The molecule has 0 atom stereocenters. The maximum absolute atomic E-state index is 13.1. The van der Waals surface area contributed by atoms with Gasteiger partial charge in [-0.2, -0.15) is 0 Å². The molecule has 1 fully saturated rings. The lowest BCUT2D eigenvalue weighted by Gasteiger charge is -2.27. The van der Waals surface area contributed by atoms with Crippen LogP contribution in [0.15, 0.2) is 36.7 Å². The van der Waals surface area contributed by atoms with E-state index in [0.29, 0.717) is 37.7 Å². The number of carbonyl (C=O) groups excluding carboxylic acids is 1. The Morgan fingerprint density at radius 3 is 2.86 bits per heavy atom. The predicted octanol–water partition coefficient (Wildman–Crippen LogP) is 3.87. The monoisotopic (exact) mass is 394 g/mol. The van der Waals surface area contributed by atoms with Crippen molar-refractivity contribution in [3.05, 3.63) is 47.8 Å². The molecular formula is C22H26N4O3. The van der Waals surface area contributed by atoms with Gasteiger partial charge in [0.15, 0.2) is 5.82 Å². The quantitative estimate of drug-likeness (QED) is 0.687. The molecule has 29 heavy (non-hydrogen) atoms. The first-order chi connectivity index (χ1) is 14.0. The van der Waals surface area contributed by atoms with Crippen molar-refractivity contribution >= 4 is 28.3 Å². The third-order valence-electron chi connectivity index (χ3n) is 4.90. The largest absolute Gasteiger partial charge is 0.491 e. The maximum atomic E-state index is 13.1. The van der Waals surface area contributed by atoms with E-state index < -0.39 is 0 Å². The maximum Gasteiger partial charge on any atom is 0.256 e. The van der Waals surface area contributed by atoms with Gasteiger partial charge in [0.25, 0.3) is 5.91 Å². The van der Waals surface area contributed by atoms with Crippen LogP contribution in [0.25, 0.3) is 10.9 Å². The number of H-pyrrole nitrogens is 1. The molecule has 2 aromatic heterocycles. The van der Waals surface area contributed by atoms with Gasteiger partial charge in [-0.25, -0.2) is 4.98 Å². The minimum Gasteiger partial charge on any atom is -0.491 e. The van der Waals surface area contributed by atoms with E-state index in [-0.39, 0.29) is 12.0 Å². The van der Waals surface area contributed by atoms with Crippen molar-refractivity contribution < 1.29 is 14.3 Å². The summed E-state index contributed by atoms with van der Waals surface area (Å²) in [5.41, 5.74) is 3.32. The standard InChI is InChI=1S/C22H26N4O3/c1-14(2)29-17-6-4-5-16(11-17)25-21-20-19(15(3)12-23-20)18(13-24-21)22(27)26-7-9-28-10-8-26/h4-6,11-14,23H,7-10H2,1-3H3,(H,24,25). The van der Waals surface area contributed by atoms with E-state index in [2.05, 4.69) is 15.3 Å². The van der Waals surface area contributed by atoms with Crippen molar-refractivity contribution in [2.75, 3.05) is 31.6 Å². The number of fused-ring (bicyclic) bond motifs is 1. The lowest BCUT2D eigenvalue weighted by atomic mass is 10.1. The Morgan fingerprint density at radius 1 is 1.31 bits per heavy atom. The molecule has 7 heteroatoms. The molecule has 0 unspecified atom stereocenters. The lowest BCUT2D eigenvalue weighted by Crippen LogP contribution is -2.40. The van der Waals surface area contributed by atoms with Gasteiger partial charge in [0, 0.05) is 42.6 Å². The molecule has 1 saturated heterocycles. The number of aromatic nitrogens is 2. The number of carbonyl (C=O) groups is 1. The second-order valence-electron chi connectivity index (χ2n) is 7.47. The molecule has 0 aliphatic carbocycles. The molecule has 1 aromatic carbocycles. The molecule has 0 spiro atoms. The van der Waals surface area contributed by atoms with E-state index in [1.165, 1.54) is 0 Å².